The third kappa shape index (κ3) is 6.56. The second kappa shape index (κ2) is 6.89. The number of carbonyl (C=O) groups excluding carboxylic acids is 1. The predicted molar refractivity (Wildman–Crippen MR) is 62.2 cm³/mol. The van der Waals surface area contributed by atoms with E-state index in [0.29, 0.717) is 6.42 Å². The van der Waals surface area contributed by atoms with Crippen molar-refractivity contribution in [2.45, 2.75) is 39.2 Å². The fraction of sp³-hybridized carbons (Fsp3) is 0.462. The minimum absolute atomic E-state index is 0.340. The molecular formula is C13H18O2. The quantitative estimate of drug-likeness (QED) is 0.393. The van der Waals surface area contributed by atoms with Gasteiger partial charge in [0.25, 0.3) is 0 Å². The smallest absolute Gasteiger partial charge is 0.304 e. The SMILES string of the molecule is C#CC(C)(CC/C=C/C=C/C)OC(C)=O. The molecule has 2 nitrogen and oxygen atoms in total. The highest BCUT2D eigenvalue weighted by atomic mass is 16.6. The van der Waals surface area contributed by atoms with Crippen molar-refractivity contribution in [3.63, 3.8) is 0 Å². The van der Waals surface area contributed by atoms with E-state index in [4.69, 9.17) is 11.2 Å². The van der Waals surface area contributed by atoms with Crippen LogP contribution in [-0.2, 0) is 9.53 Å². The van der Waals surface area contributed by atoms with Crippen LogP contribution in [0.1, 0.15) is 33.6 Å². The highest BCUT2D eigenvalue weighted by Crippen LogP contribution is 2.17. The van der Waals surface area contributed by atoms with Crippen LogP contribution in [0.3, 0.4) is 0 Å². The zero-order valence-corrected chi connectivity index (χ0v) is 9.62. The van der Waals surface area contributed by atoms with Crippen molar-refractivity contribution in [1.82, 2.24) is 0 Å². The third-order valence-corrected chi connectivity index (χ3v) is 1.90. The maximum atomic E-state index is 10.8. The molecule has 0 amide bonds. The monoisotopic (exact) mass is 206 g/mol. The highest BCUT2D eigenvalue weighted by molar-refractivity contribution is 5.67. The van der Waals surface area contributed by atoms with Gasteiger partial charge < -0.3 is 4.74 Å². The number of ether oxygens (including phenoxy) is 1. The summed E-state index contributed by atoms with van der Waals surface area (Å²) in [5.74, 6) is 2.17. The number of terminal acetylenes is 1. The number of hydrogen-bond donors (Lipinski definition) is 0. The Labute approximate surface area is 92.0 Å². The summed E-state index contributed by atoms with van der Waals surface area (Å²) in [5.41, 5.74) is -0.786. The summed E-state index contributed by atoms with van der Waals surface area (Å²) in [6.45, 7) is 5.07. The Balaban J connectivity index is 4.11. The van der Waals surface area contributed by atoms with Crippen LogP contribution in [0, 0.1) is 12.3 Å². The van der Waals surface area contributed by atoms with Crippen LogP contribution in [0.15, 0.2) is 24.3 Å². The summed E-state index contributed by atoms with van der Waals surface area (Å²) >= 11 is 0. The Morgan fingerprint density at radius 3 is 2.67 bits per heavy atom. The molecule has 0 aliphatic carbocycles. The first-order valence-electron chi connectivity index (χ1n) is 4.99. The van der Waals surface area contributed by atoms with Crippen LogP contribution in [0.25, 0.3) is 0 Å². The molecule has 0 aromatic rings. The molecule has 0 aliphatic rings. The van der Waals surface area contributed by atoms with E-state index in [2.05, 4.69) is 5.92 Å². The maximum Gasteiger partial charge on any atom is 0.304 e. The lowest BCUT2D eigenvalue weighted by molar-refractivity contribution is -0.150. The van der Waals surface area contributed by atoms with Crippen LogP contribution in [0.2, 0.25) is 0 Å². The molecule has 2 heteroatoms. The number of esters is 1. The van der Waals surface area contributed by atoms with E-state index in [1.165, 1.54) is 6.92 Å². The zero-order valence-electron chi connectivity index (χ0n) is 9.62. The van der Waals surface area contributed by atoms with Crippen molar-refractivity contribution in [3.8, 4) is 12.3 Å². The number of rotatable bonds is 5. The Morgan fingerprint density at radius 1 is 1.53 bits per heavy atom. The van der Waals surface area contributed by atoms with Gasteiger partial charge in [-0.3, -0.25) is 4.79 Å². The van der Waals surface area contributed by atoms with E-state index in [-0.39, 0.29) is 5.97 Å². The molecule has 0 saturated carbocycles. The standard InChI is InChI=1S/C13H18O2/c1-5-7-8-9-10-11-13(4,6-2)15-12(3)14/h2,5,7-9H,10-11H2,1,3-4H3/b7-5+,9-8+. The first-order chi connectivity index (χ1) is 7.04. The van der Waals surface area contributed by atoms with Crippen molar-refractivity contribution in [3.05, 3.63) is 24.3 Å². The zero-order chi connectivity index (χ0) is 11.7. The van der Waals surface area contributed by atoms with E-state index >= 15 is 0 Å². The second-order valence-electron chi connectivity index (χ2n) is 3.46. The first kappa shape index (κ1) is 13.5. The molecule has 0 heterocycles. The molecule has 0 radical (unpaired) electrons. The van der Waals surface area contributed by atoms with E-state index in [0.717, 1.165) is 6.42 Å². The average molecular weight is 206 g/mol. The van der Waals surface area contributed by atoms with Crippen LogP contribution in [0.4, 0.5) is 0 Å². The van der Waals surface area contributed by atoms with Gasteiger partial charge in [0.1, 0.15) is 0 Å². The minimum Gasteiger partial charge on any atom is -0.446 e. The summed E-state index contributed by atoms with van der Waals surface area (Å²) in [5, 5.41) is 0. The molecule has 0 aromatic heterocycles. The Kier molecular flexibility index (Phi) is 6.21. The summed E-state index contributed by atoms with van der Waals surface area (Å²) in [6, 6.07) is 0. The molecule has 0 spiro atoms. The molecule has 0 N–H and O–H groups in total. The van der Waals surface area contributed by atoms with Gasteiger partial charge in [0.05, 0.1) is 0 Å². The lowest BCUT2D eigenvalue weighted by atomic mass is 10.0. The average Bonchev–Trinajstić information content (AvgIpc) is 2.16. The Hall–Kier alpha value is -1.49. The molecule has 0 saturated heterocycles. The summed E-state index contributed by atoms with van der Waals surface area (Å²) < 4.78 is 5.07. The lowest BCUT2D eigenvalue weighted by Crippen LogP contribution is -2.28. The molecule has 82 valence electrons. The van der Waals surface area contributed by atoms with Gasteiger partial charge in [-0.25, -0.2) is 0 Å². The van der Waals surface area contributed by atoms with Crippen molar-refractivity contribution in [2.75, 3.05) is 0 Å². The molecule has 0 aromatic carbocycles. The maximum absolute atomic E-state index is 10.8. The fourth-order valence-corrected chi connectivity index (χ4v) is 1.11. The first-order valence-corrected chi connectivity index (χ1v) is 4.99. The second-order valence-corrected chi connectivity index (χ2v) is 3.46. The van der Waals surface area contributed by atoms with Gasteiger partial charge >= 0.3 is 5.97 Å². The van der Waals surface area contributed by atoms with Gasteiger partial charge in [-0.05, 0) is 20.3 Å². The van der Waals surface area contributed by atoms with Gasteiger partial charge in [0, 0.05) is 13.3 Å². The van der Waals surface area contributed by atoms with E-state index in [9.17, 15) is 4.79 Å². The molecule has 0 aliphatic heterocycles. The number of allylic oxidation sites excluding steroid dienone is 4. The van der Waals surface area contributed by atoms with Crippen LogP contribution in [0.5, 0.6) is 0 Å². The van der Waals surface area contributed by atoms with Crippen molar-refractivity contribution in [2.24, 2.45) is 0 Å². The molecular weight excluding hydrogens is 188 g/mol. The minimum atomic E-state index is -0.786. The largest absolute Gasteiger partial charge is 0.446 e. The summed E-state index contributed by atoms with van der Waals surface area (Å²) in [7, 11) is 0. The van der Waals surface area contributed by atoms with Crippen molar-refractivity contribution >= 4 is 5.97 Å². The van der Waals surface area contributed by atoms with Gasteiger partial charge in [0.2, 0.25) is 0 Å². The Morgan fingerprint density at radius 2 is 2.20 bits per heavy atom. The van der Waals surface area contributed by atoms with Crippen molar-refractivity contribution < 1.29 is 9.53 Å². The Bertz CT molecular complexity index is 294. The summed E-state index contributed by atoms with van der Waals surface area (Å²) in [6.07, 6.45) is 14.6. The number of carbonyl (C=O) groups is 1. The van der Waals surface area contributed by atoms with E-state index in [1.807, 2.05) is 31.2 Å². The summed E-state index contributed by atoms with van der Waals surface area (Å²) in [4.78, 5) is 10.8. The molecule has 1 unspecified atom stereocenters. The van der Waals surface area contributed by atoms with Crippen molar-refractivity contribution in [1.29, 1.82) is 0 Å². The molecule has 1 atom stereocenters. The lowest BCUT2D eigenvalue weighted by Gasteiger charge is -2.22. The third-order valence-electron chi connectivity index (χ3n) is 1.90. The van der Waals surface area contributed by atoms with Gasteiger partial charge in [-0.15, -0.1) is 6.42 Å². The molecule has 0 fully saturated rings. The predicted octanol–water partition coefficient (Wildman–Crippen LogP) is 2.85. The van der Waals surface area contributed by atoms with Crippen LogP contribution >= 0.6 is 0 Å². The van der Waals surface area contributed by atoms with Gasteiger partial charge in [0.15, 0.2) is 5.60 Å². The normalized spacial score (nSPS) is 15.1. The van der Waals surface area contributed by atoms with E-state index in [1.54, 1.807) is 6.92 Å². The van der Waals surface area contributed by atoms with Crippen LogP contribution < -0.4 is 0 Å². The van der Waals surface area contributed by atoms with Gasteiger partial charge in [-0.2, -0.15) is 0 Å². The molecule has 0 bridgehead atoms. The highest BCUT2D eigenvalue weighted by Gasteiger charge is 2.23. The fourth-order valence-electron chi connectivity index (χ4n) is 1.11. The molecule has 15 heavy (non-hydrogen) atoms. The van der Waals surface area contributed by atoms with Gasteiger partial charge in [-0.1, -0.05) is 30.2 Å². The van der Waals surface area contributed by atoms with Crippen LogP contribution in [-0.4, -0.2) is 11.6 Å². The topological polar surface area (TPSA) is 26.3 Å². The van der Waals surface area contributed by atoms with E-state index < -0.39 is 5.60 Å². The molecule has 0 rings (SSSR count). The number of hydrogen-bond acceptors (Lipinski definition) is 2.